The van der Waals surface area contributed by atoms with Crippen LogP contribution in [0.15, 0.2) is 29.6 Å². The van der Waals surface area contributed by atoms with Crippen LogP contribution in [0.4, 0.5) is 5.69 Å². The van der Waals surface area contributed by atoms with E-state index < -0.39 is 0 Å². The van der Waals surface area contributed by atoms with E-state index in [0.29, 0.717) is 0 Å². The van der Waals surface area contributed by atoms with Crippen molar-refractivity contribution in [2.24, 2.45) is 0 Å². The lowest BCUT2D eigenvalue weighted by atomic mass is 10.1. The highest BCUT2D eigenvalue weighted by molar-refractivity contribution is 7.09. The molecule has 0 amide bonds. The van der Waals surface area contributed by atoms with E-state index in [0.717, 1.165) is 29.4 Å². The fourth-order valence-electron chi connectivity index (χ4n) is 1.52. The number of nitrogens with one attached hydrogen (secondary N) is 1. The molecule has 0 saturated carbocycles. The van der Waals surface area contributed by atoms with E-state index in [2.05, 4.69) is 46.9 Å². The van der Waals surface area contributed by atoms with Crippen LogP contribution in [0.5, 0.6) is 0 Å². The summed E-state index contributed by atoms with van der Waals surface area (Å²) >= 11 is 1.70. The summed E-state index contributed by atoms with van der Waals surface area (Å²) in [7, 11) is 0. The molecular weight excluding hydrogens is 216 g/mol. The lowest BCUT2D eigenvalue weighted by Gasteiger charge is -2.04. The van der Waals surface area contributed by atoms with Crippen molar-refractivity contribution in [2.45, 2.75) is 26.8 Å². The average Bonchev–Trinajstić information content (AvgIpc) is 2.73. The number of nitrogens with zero attached hydrogens (tertiary/aromatic N) is 1. The number of hydrogen-bond acceptors (Lipinski definition) is 3. The summed E-state index contributed by atoms with van der Waals surface area (Å²) in [5.41, 5.74) is 3.63. The third-order valence-electron chi connectivity index (χ3n) is 2.47. The van der Waals surface area contributed by atoms with E-state index in [9.17, 15) is 0 Å². The number of aromatic nitrogens is 1. The van der Waals surface area contributed by atoms with E-state index >= 15 is 0 Å². The maximum Gasteiger partial charge on any atom is 0.112 e. The molecule has 0 fully saturated rings. The third-order valence-corrected chi connectivity index (χ3v) is 3.44. The van der Waals surface area contributed by atoms with Crippen molar-refractivity contribution in [3.8, 4) is 0 Å². The Balaban J connectivity index is 1.94. The van der Waals surface area contributed by atoms with Gasteiger partial charge >= 0.3 is 0 Å². The van der Waals surface area contributed by atoms with Crippen molar-refractivity contribution in [2.75, 3.05) is 5.32 Å². The summed E-state index contributed by atoms with van der Waals surface area (Å²) in [6.45, 7) is 5.00. The molecule has 16 heavy (non-hydrogen) atoms. The molecule has 0 aliphatic heterocycles. The van der Waals surface area contributed by atoms with Crippen LogP contribution in [0.25, 0.3) is 0 Å². The molecule has 2 aromatic rings. The molecule has 0 aliphatic carbocycles. The summed E-state index contributed by atoms with van der Waals surface area (Å²) in [6, 6.07) is 8.57. The number of benzene rings is 1. The minimum absolute atomic E-state index is 0.810. The highest BCUT2D eigenvalue weighted by Crippen LogP contribution is 2.13. The Morgan fingerprint density at radius 1 is 1.25 bits per heavy atom. The lowest BCUT2D eigenvalue weighted by Crippen LogP contribution is -1.98. The Kier molecular flexibility index (Phi) is 3.57. The molecule has 1 aromatic carbocycles. The topological polar surface area (TPSA) is 24.9 Å². The smallest absolute Gasteiger partial charge is 0.112 e. The molecule has 1 heterocycles. The van der Waals surface area contributed by atoms with Crippen LogP contribution in [-0.2, 0) is 13.0 Å². The Morgan fingerprint density at radius 2 is 2.00 bits per heavy atom. The predicted molar refractivity (Wildman–Crippen MR) is 70.0 cm³/mol. The number of rotatable bonds is 4. The van der Waals surface area contributed by atoms with Crippen molar-refractivity contribution in [1.82, 2.24) is 4.98 Å². The first-order valence-corrected chi connectivity index (χ1v) is 6.39. The molecule has 0 atom stereocenters. The quantitative estimate of drug-likeness (QED) is 0.870. The Morgan fingerprint density at radius 3 is 2.56 bits per heavy atom. The molecular formula is C13H16N2S. The van der Waals surface area contributed by atoms with Gasteiger partial charge in [0.2, 0.25) is 0 Å². The van der Waals surface area contributed by atoms with Gasteiger partial charge < -0.3 is 5.32 Å². The van der Waals surface area contributed by atoms with E-state index in [1.807, 2.05) is 6.92 Å². The number of aryl methyl sites for hydroxylation is 2. The van der Waals surface area contributed by atoms with Gasteiger partial charge in [0.25, 0.3) is 0 Å². The van der Waals surface area contributed by atoms with Gasteiger partial charge in [-0.2, -0.15) is 0 Å². The van der Waals surface area contributed by atoms with Crippen molar-refractivity contribution in [3.05, 3.63) is 45.9 Å². The predicted octanol–water partition coefficient (Wildman–Crippen LogP) is 3.63. The van der Waals surface area contributed by atoms with Gasteiger partial charge in [-0.3, -0.25) is 0 Å². The van der Waals surface area contributed by atoms with E-state index in [1.165, 1.54) is 5.56 Å². The van der Waals surface area contributed by atoms with Gasteiger partial charge in [-0.05, 0) is 31.0 Å². The average molecular weight is 232 g/mol. The minimum Gasteiger partial charge on any atom is -0.379 e. The highest BCUT2D eigenvalue weighted by Gasteiger charge is 1.98. The summed E-state index contributed by atoms with van der Waals surface area (Å²) in [6.07, 6.45) is 1.09. The van der Waals surface area contributed by atoms with Gasteiger partial charge in [0.15, 0.2) is 0 Å². The van der Waals surface area contributed by atoms with Gasteiger partial charge in [0.1, 0.15) is 5.01 Å². The normalized spacial score (nSPS) is 10.4. The Labute approximate surface area is 100 Å². The Hall–Kier alpha value is -1.35. The maximum absolute atomic E-state index is 4.42. The second kappa shape index (κ2) is 5.12. The molecule has 2 nitrogen and oxygen atoms in total. The number of hydrogen-bond donors (Lipinski definition) is 1. The first-order chi connectivity index (χ1) is 7.78. The fraction of sp³-hybridized carbons (Fsp3) is 0.308. The molecule has 2 rings (SSSR count). The van der Waals surface area contributed by atoms with Gasteiger partial charge in [0, 0.05) is 16.8 Å². The molecule has 0 spiro atoms. The fourth-order valence-corrected chi connectivity index (χ4v) is 2.23. The number of thiazole rings is 1. The highest BCUT2D eigenvalue weighted by atomic mass is 32.1. The molecule has 1 N–H and O–H groups in total. The zero-order valence-electron chi connectivity index (χ0n) is 9.66. The molecule has 84 valence electrons. The van der Waals surface area contributed by atoms with Crippen LogP contribution in [0.1, 0.15) is 23.2 Å². The maximum atomic E-state index is 4.42. The third kappa shape index (κ3) is 2.83. The van der Waals surface area contributed by atoms with Crippen molar-refractivity contribution < 1.29 is 0 Å². The van der Waals surface area contributed by atoms with Crippen molar-refractivity contribution in [3.63, 3.8) is 0 Å². The van der Waals surface area contributed by atoms with Crippen LogP contribution in [0.2, 0.25) is 0 Å². The van der Waals surface area contributed by atoms with Crippen molar-refractivity contribution in [1.29, 1.82) is 0 Å². The van der Waals surface area contributed by atoms with Gasteiger partial charge in [0.05, 0.1) is 6.54 Å². The molecule has 0 bridgehead atoms. The standard InChI is InChI=1S/C13H16N2S/c1-3-11-4-6-12(7-5-11)14-8-13-15-10(2)9-16-13/h4-7,9,14H,3,8H2,1-2H3. The molecule has 0 radical (unpaired) electrons. The summed E-state index contributed by atoms with van der Waals surface area (Å²) < 4.78 is 0. The van der Waals surface area contributed by atoms with Crippen LogP contribution in [0.3, 0.4) is 0 Å². The van der Waals surface area contributed by atoms with Gasteiger partial charge in [-0.1, -0.05) is 19.1 Å². The number of anilines is 1. The molecule has 0 unspecified atom stereocenters. The van der Waals surface area contributed by atoms with E-state index in [-0.39, 0.29) is 0 Å². The van der Waals surface area contributed by atoms with Crippen LogP contribution >= 0.6 is 11.3 Å². The van der Waals surface area contributed by atoms with E-state index in [1.54, 1.807) is 11.3 Å². The second-order valence-electron chi connectivity index (χ2n) is 3.79. The van der Waals surface area contributed by atoms with Crippen LogP contribution < -0.4 is 5.32 Å². The van der Waals surface area contributed by atoms with Gasteiger partial charge in [-0.25, -0.2) is 4.98 Å². The van der Waals surface area contributed by atoms with Crippen molar-refractivity contribution >= 4 is 17.0 Å². The monoisotopic (exact) mass is 232 g/mol. The Bertz CT molecular complexity index is 445. The van der Waals surface area contributed by atoms with Crippen LogP contribution in [0, 0.1) is 6.92 Å². The first kappa shape index (κ1) is 11.1. The zero-order chi connectivity index (χ0) is 11.4. The minimum atomic E-state index is 0.810. The summed E-state index contributed by atoms with van der Waals surface area (Å²) in [5.74, 6) is 0. The summed E-state index contributed by atoms with van der Waals surface area (Å²) in [5, 5.41) is 6.59. The SMILES string of the molecule is CCc1ccc(NCc2nc(C)cs2)cc1. The zero-order valence-corrected chi connectivity index (χ0v) is 10.5. The molecule has 1 aromatic heterocycles. The molecule has 0 aliphatic rings. The largest absolute Gasteiger partial charge is 0.379 e. The lowest BCUT2D eigenvalue weighted by molar-refractivity contribution is 1.07. The van der Waals surface area contributed by atoms with Gasteiger partial charge in [-0.15, -0.1) is 11.3 Å². The van der Waals surface area contributed by atoms with E-state index in [4.69, 9.17) is 0 Å². The second-order valence-corrected chi connectivity index (χ2v) is 4.73. The molecule has 0 saturated heterocycles. The van der Waals surface area contributed by atoms with Crippen LogP contribution in [-0.4, -0.2) is 4.98 Å². The first-order valence-electron chi connectivity index (χ1n) is 5.51. The molecule has 3 heteroatoms. The summed E-state index contributed by atoms with van der Waals surface area (Å²) in [4.78, 5) is 4.42.